The lowest BCUT2D eigenvalue weighted by Crippen LogP contribution is -2.30. The van der Waals surface area contributed by atoms with Crippen molar-refractivity contribution in [3.8, 4) is 0 Å². The van der Waals surface area contributed by atoms with Crippen molar-refractivity contribution in [2.24, 2.45) is 17.8 Å². The molecule has 0 fully saturated rings. The number of carbonyl (C=O) groups is 4. The Morgan fingerprint density at radius 2 is 0.531 bits per heavy atom. The van der Waals surface area contributed by atoms with Gasteiger partial charge in [0.05, 0.1) is 26.4 Å². The normalized spacial score (nSPS) is 14.3. The van der Waals surface area contributed by atoms with Gasteiger partial charge in [-0.05, 0) is 43.4 Å². The molecule has 0 amide bonds. The maximum absolute atomic E-state index is 13.1. The van der Waals surface area contributed by atoms with Crippen LogP contribution in [0.3, 0.4) is 0 Å². The first-order valence-corrected chi connectivity index (χ1v) is 42.9. The van der Waals surface area contributed by atoms with Crippen LogP contribution >= 0.6 is 15.6 Å². The Hall–Kier alpha value is -1.94. The number of aliphatic hydroxyl groups is 1. The second-order valence-electron chi connectivity index (χ2n) is 28.9. The Morgan fingerprint density at radius 1 is 0.302 bits per heavy atom. The summed E-state index contributed by atoms with van der Waals surface area (Å²) >= 11 is 0. The van der Waals surface area contributed by atoms with Crippen molar-refractivity contribution in [2.45, 2.75) is 414 Å². The van der Waals surface area contributed by atoms with Crippen LogP contribution in [-0.4, -0.2) is 96.7 Å². The lowest BCUT2D eigenvalue weighted by molar-refractivity contribution is -0.161. The molecule has 0 saturated heterocycles. The summed E-state index contributed by atoms with van der Waals surface area (Å²) in [7, 11) is -9.91. The van der Waals surface area contributed by atoms with E-state index in [1.54, 1.807) is 0 Å². The molecule has 17 nitrogen and oxygen atoms in total. The number of carbonyl (C=O) groups excluding carboxylic acids is 4. The number of phosphoric acid groups is 2. The minimum Gasteiger partial charge on any atom is -0.462 e. The fourth-order valence-corrected chi connectivity index (χ4v) is 13.3. The zero-order valence-corrected chi connectivity index (χ0v) is 64.6. The minimum absolute atomic E-state index is 0.104. The van der Waals surface area contributed by atoms with Gasteiger partial charge in [0, 0.05) is 25.7 Å². The van der Waals surface area contributed by atoms with Crippen LogP contribution in [-0.2, 0) is 65.4 Å². The summed E-state index contributed by atoms with van der Waals surface area (Å²) in [6.45, 7) is 11.9. The summed E-state index contributed by atoms with van der Waals surface area (Å²) in [5, 5.41) is 10.6. The molecular formula is C77H150O17P2. The van der Waals surface area contributed by atoms with Gasteiger partial charge in [-0.15, -0.1) is 0 Å². The maximum atomic E-state index is 13.1. The van der Waals surface area contributed by atoms with Crippen LogP contribution < -0.4 is 0 Å². The summed E-state index contributed by atoms with van der Waals surface area (Å²) in [6.07, 6.45) is 54.2. The number of esters is 4. The van der Waals surface area contributed by atoms with E-state index in [0.717, 1.165) is 114 Å². The van der Waals surface area contributed by atoms with Gasteiger partial charge in [0.15, 0.2) is 12.2 Å². The number of unbranched alkanes of at least 4 members (excludes halogenated alkanes) is 42. The van der Waals surface area contributed by atoms with E-state index in [0.29, 0.717) is 25.7 Å². The van der Waals surface area contributed by atoms with E-state index in [-0.39, 0.29) is 25.7 Å². The number of rotatable bonds is 75. The predicted molar refractivity (Wildman–Crippen MR) is 391 cm³/mol. The summed E-state index contributed by atoms with van der Waals surface area (Å²) < 4.78 is 68.5. The Labute approximate surface area is 588 Å². The second-order valence-corrected chi connectivity index (χ2v) is 31.8. The van der Waals surface area contributed by atoms with Crippen molar-refractivity contribution >= 4 is 39.5 Å². The van der Waals surface area contributed by atoms with E-state index < -0.39 is 97.5 Å². The van der Waals surface area contributed by atoms with Gasteiger partial charge in [-0.3, -0.25) is 37.3 Å². The molecule has 0 aromatic heterocycles. The first kappa shape index (κ1) is 94.1. The quantitative estimate of drug-likeness (QED) is 0.0222. The van der Waals surface area contributed by atoms with E-state index in [1.165, 1.54) is 199 Å². The zero-order valence-electron chi connectivity index (χ0n) is 62.8. The van der Waals surface area contributed by atoms with Gasteiger partial charge < -0.3 is 33.8 Å². The fraction of sp³-hybridized carbons (Fsp3) is 0.948. The van der Waals surface area contributed by atoms with Gasteiger partial charge in [-0.2, -0.15) is 0 Å². The maximum Gasteiger partial charge on any atom is 0.472 e. The first-order valence-electron chi connectivity index (χ1n) is 39.9. The van der Waals surface area contributed by atoms with Crippen LogP contribution in [0.1, 0.15) is 395 Å². The highest BCUT2D eigenvalue weighted by Crippen LogP contribution is 2.45. The van der Waals surface area contributed by atoms with Crippen molar-refractivity contribution in [2.75, 3.05) is 39.6 Å². The SMILES string of the molecule is CCCCCCCCCCCCCCCCCCCCCC(=O)O[C@H](COC(=O)CCCCCCCCCCCCCCC(C)C)COP(=O)(O)OC[C@@H](O)COP(=O)(O)OC[C@@H](COC(=O)CCCCCCCCC(C)CC)OC(=O)CCCCCCCCCCCC(C)C. The molecule has 0 saturated carbocycles. The average molecular weight is 1410 g/mol. The molecule has 0 aliphatic carbocycles. The van der Waals surface area contributed by atoms with Gasteiger partial charge >= 0.3 is 39.5 Å². The molecule has 0 heterocycles. The molecule has 0 aliphatic heterocycles. The van der Waals surface area contributed by atoms with E-state index >= 15 is 0 Å². The monoisotopic (exact) mass is 1410 g/mol. The summed E-state index contributed by atoms with van der Waals surface area (Å²) in [5.41, 5.74) is 0. The highest BCUT2D eigenvalue weighted by Gasteiger charge is 2.30. The van der Waals surface area contributed by atoms with Crippen LogP contribution in [0.4, 0.5) is 0 Å². The third-order valence-corrected chi connectivity index (χ3v) is 20.1. The Bertz CT molecular complexity index is 1870. The van der Waals surface area contributed by atoms with Crippen molar-refractivity contribution in [1.82, 2.24) is 0 Å². The van der Waals surface area contributed by atoms with Gasteiger partial charge in [0.1, 0.15) is 19.3 Å². The van der Waals surface area contributed by atoms with Crippen molar-refractivity contribution in [1.29, 1.82) is 0 Å². The molecule has 3 N–H and O–H groups in total. The van der Waals surface area contributed by atoms with Crippen LogP contribution in [0, 0.1) is 17.8 Å². The summed E-state index contributed by atoms with van der Waals surface area (Å²) in [5.74, 6) is 0.131. The molecule has 6 atom stereocenters. The van der Waals surface area contributed by atoms with Crippen LogP contribution in [0.25, 0.3) is 0 Å². The smallest absolute Gasteiger partial charge is 0.462 e. The minimum atomic E-state index is -4.96. The molecule has 570 valence electrons. The first-order chi connectivity index (χ1) is 46.3. The topological polar surface area (TPSA) is 237 Å². The molecule has 3 unspecified atom stereocenters. The fourth-order valence-electron chi connectivity index (χ4n) is 11.7. The Morgan fingerprint density at radius 3 is 0.792 bits per heavy atom. The Kier molecular flexibility index (Phi) is 66.2. The van der Waals surface area contributed by atoms with Crippen LogP contribution in [0.2, 0.25) is 0 Å². The molecule has 0 aliphatic rings. The number of hydrogen-bond donors (Lipinski definition) is 3. The number of aliphatic hydroxyl groups excluding tert-OH is 1. The number of phosphoric ester groups is 2. The molecule has 0 bridgehead atoms. The third-order valence-electron chi connectivity index (χ3n) is 18.2. The van der Waals surface area contributed by atoms with Gasteiger partial charge in [0.2, 0.25) is 0 Å². The largest absolute Gasteiger partial charge is 0.472 e. The van der Waals surface area contributed by atoms with Crippen molar-refractivity contribution in [3.05, 3.63) is 0 Å². The van der Waals surface area contributed by atoms with Gasteiger partial charge in [-0.1, -0.05) is 344 Å². The summed E-state index contributed by atoms with van der Waals surface area (Å²) in [6, 6.07) is 0. The van der Waals surface area contributed by atoms with Gasteiger partial charge in [0.25, 0.3) is 0 Å². The molecular weight excluding hydrogens is 1260 g/mol. The molecule has 0 spiro atoms. The number of hydrogen-bond acceptors (Lipinski definition) is 15. The lowest BCUT2D eigenvalue weighted by atomic mass is 10.00. The molecule has 0 aromatic rings. The van der Waals surface area contributed by atoms with Crippen molar-refractivity contribution < 1.29 is 80.2 Å². The Balaban J connectivity index is 5.24. The third kappa shape index (κ3) is 69.2. The molecule has 0 aromatic carbocycles. The number of ether oxygens (including phenoxy) is 4. The molecule has 0 rings (SSSR count). The molecule has 0 radical (unpaired) electrons. The predicted octanol–water partition coefficient (Wildman–Crippen LogP) is 22.6. The van der Waals surface area contributed by atoms with E-state index in [1.807, 2.05) is 0 Å². The highest BCUT2D eigenvalue weighted by atomic mass is 31.2. The van der Waals surface area contributed by atoms with Crippen LogP contribution in [0.5, 0.6) is 0 Å². The summed E-state index contributed by atoms with van der Waals surface area (Å²) in [4.78, 5) is 72.8. The van der Waals surface area contributed by atoms with Crippen molar-refractivity contribution in [3.63, 3.8) is 0 Å². The van der Waals surface area contributed by atoms with Gasteiger partial charge in [-0.25, -0.2) is 9.13 Å². The van der Waals surface area contributed by atoms with E-state index in [4.69, 9.17) is 37.0 Å². The van der Waals surface area contributed by atoms with Crippen LogP contribution in [0.15, 0.2) is 0 Å². The standard InChI is InChI=1S/C77H150O17P2/c1-8-10-11-12-13-14-15-16-17-18-19-20-21-22-27-32-37-46-53-60-76(81)93-72(64-87-74(79)58-51-44-36-31-26-24-23-25-29-34-41-48-55-68(3)4)66-91-95(83,84)89-62-71(78)63-90-96(85,86)92-67-73(65-88-75(80)59-52-45-40-39-43-50-57-70(7)9-2)94-77(82)61-54-47-38-33-28-30-35-42-49-56-69(5)6/h68-73,78H,8-67H2,1-7H3,(H,83,84)(H,85,86)/t70?,71-,72-,73-/m1/s1. The zero-order chi connectivity index (χ0) is 70.9. The molecule has 96 heavy (non-hydrogen) atoms. The average Bonchev–Trinajstić information content (AvgIpc) is 1.09. The molecule has 19 heteroatoms. The second kappa shape index (κ2) is 67.5. The van der Waals surface area contributed by atoms with E-state index in [2.05, 4.69) is 48.5 Å². The van der Waals surface area contributed by atoms with E-state index in [9.17, 15) is 43.2 Å². The lowest BCUT2D eigenvalue weighted by Gasteiger charge is -2.21. The highest BCUT2D eigenvalue weighted by molar-refractivity contribution is 7.47.